The lowest BCUT2D eigenvalue weighted by atomic mass is 9.99. The number of carbonyl (C=O) groups excluding carboxylic acids is 1. The summed E-state index contributed by atoms with van der Waals surface area (Å²) in [5.41, 5.74) is 0.870. The van der Waals surface area contributed by atoms with E-state index in [1.165, 1.54) is 50.6 Å². The molecule has 0 atom stereocenters. The Labute approximate surface area is 181 Å². The lowest BCUT2D eigenvalue weighted by Gasteiger charge is -2.41. The van der Waals surface area contributed by atoms with E-state index in [0.29, 0.717) is 6.04 Å². The van der Waals surface area contributed by atoms with Gasteiger partial charge in [-0.15, -0.1) is 0 Å². The van der Waals surface area contributed by atoms with Crippen molar-refractivity contribution in [3.8, 4) is 0 Å². The van der Waals surface area contributed by atoms with Crippen LogP contribution in [-0.2, 0) is 0 Å². The molecule has 4 rings (SSSR count). The molecule has 0 aromatic heterocycles. The highest BCUT2D eigenvalue weighted by molar-refractivity contribution is 6.08. The van der Waals surface area contributed by atoms with Gasteiger partial charge in [-0.25, -0.2) is 9.18 Å². The van der Waals surface area contributed by atoms with Crippen LogP contribution in [0.25, 0.3) is 0 Å². The fraction of sp³-hybridized carbons (Fsp3) is 0.417. The molecule has 0 aliphatic carbocycles. The van der Waals surface area contributed by atoms with Crippen molar-refractivity contribution >= 4 is 23.3 Å². The Hall–Kier alpha value is -2.93. The van der Waals surface area contributed by atoms with E-state index < -0.39 is 17.7 Å². The maximum atomic E-state index is 13.9. The molecule has 2 saturated heterocycles. The molecule has 1 amide bonds. The summed E-state index contributed by atoms with van der Waals surface area (Å²) < 4.78 is 13.9. The number of nitrogens with one attached hydrogen (secondary N) is 1. The molecule has 2 N–H and O–H groups in total. The third kappa shape index (κ3) is 4.88. The minimum atomic E-state index is -1.13. The molecule has 0 unspecified atom stereocenters. The lowest BCUT2D eigenvalue weighted by Crippen LogP contribution is -2.46. The van der Waals surface area contributed by atoms with Crippen molar-refractivity contribution in [2.24, 2.45) is 0 Å². The number of halogens is 1. The van der Waals surface area contributed by atoms with Gasteiger partial charge in [-0.1, -0.05) is 18.6 Å². The minimum absolute atomic E-state index is 0.000318. The standard InChI is InChI=1S/C24H28FN3O3/c25-21-7-3-2-6-19(21)23(29)26-22-9-8-18(16-20(22)24(30)31)28-14-10-17(11-15-28)27-12-4-1-5-13-27/h2-3,6-9,16-17H,1,4-5,10-15H2,(H,26,29)(H,30,31). The quantitative estimate of drug-likeness (QED) is 0.750. The van der Waals surface area contributed by atoms with E-state index in [1.54, 1.807) is 18.2 Å². The molecule has 31 heavy (non-hydrogen) atoms. The second kappa shape index (κ2) is 9.47. The molecule has 0 saturated carbocycles. The van der Waals surface area contributed by atoms with Gasteiger partial charge in [0.15, 0.2) is 0 Å². The van der Waals surface area contributed by atoms with Crippen LogP contribution in [0.15, 0.2) is 42.5 Å². The fourth-order valence-electron chi connectivity index (χ4n) is 4.62. The van der Waals surface area contributed by atoms with Crippen LogP contribution in [0.5, 0.6) is 0 Å². The van der Waals surface area contributed by atoms with Gasteiger partial charge < -0.3 is 20.2 Å². The Morgan fingerprint density at radius 2 is 1.65 bits per heavy atom. The van der Waals surface area contributed by atoms with E-state index in [-0.39, 0.29) is 16.8 Å². The predicted octanol–water partition coefficient (Wildman–Crippen LogP) is 4.23. The molecule has 2 aliphatic heterocycles. The lowest BCUT2D eigenvalue weighted by molar-refractivity contribution is 0.0698. The smallest absolute Gasteiger partial charge is 0.337 e. The predicted molar refractivity (Wildman–Crippen MR) is 118 cm³/mol. The third-order valence-corrected chi connectivity index (χ3v) is 6.34. The zero-order chi connectivity index (χ0) is 21.8. The molecule has 164 valence electrons. The van der Waals surface area contributed by atoms with Crippen LogP contribution in [-0.4, -0.2) is 54.1 Å². The van der Waals surface area contributed by atoms with Crippen molar-refractivity contribution in [2.75, 3.05) is 36.4 Å². The van der Waals surface area contributed by atoms with E-state index in [2.05, 4.69) is 15.1 Å². The van der Waals surface area contributed by atoms with E-state index in [1.807, 2.05) is 6.07 Å². The van der Waals surface area contributed by atoms with Gasteiger partial charge in [0, 0.05) is 24.8 Å². The van der Waals surface area contributed by atoms with Crippen LogP contribution in [0.3, 0.4) is 0 Å². The second-order valence-corrected chi connectivity index (χ2v) is 8.28. The van der Waals surface area contributed by atoms with Crippen LogP contribution in [0.1, 0.15) is 52.8 Å². The highest BCUT2D eigenvalue weighted by Crippen LogP contribution is 2.28. The Morgan fingerprint density at radius 1 is 0.935 bits per heavy atom. The molecule has 2 fully saturated rings. The summed E-state index contributed by atoms with van der Waals surface area (Å²) in [6.45, 7) is 4.12. The normalized spacial score (nSPS) is 18.0. The van der Waals surface area contributed by atoms with E-state index in [9.17, 15) is 19.1 Å². The number of carboxylic acids is 1. The summed E-state index contributed by atoms with van der Waals surface area (Å²) in [4.78, 5) is 29.1. The van der Waals surface area contributed by atoms with Crippen LogP contribution < -0.4 is 10.2 Å². The number of aromatic carboxylic acids is 1. The van der Waals surface area contributed by atoms with E-state index in [4.69, 9.17) is 0 Å². The Morgan fingerprint density at radius 3 is 2.32 bits per heavy atom. The highest BCUT2D eigenvalue weighted by atomic mass is 19.1. The number of nitrogens with zero attached hydrogens (tertiary/aromatic N) is 2. The molecule has 2 heterocycles. The van der Waals surface area contributed by atoms with Crippen LogP contribution >= 0.6 is 0 Å². The largest absolute Gasteiger partial charge is 0.478 e. The molecule has 7 heteroatoms. The highest BCUT2D eigenvalue weighted by Gasteiger charge is 2.26. The monoisotopic (exact) mass is 425 g/mol. The summed E-state index contributed by atoms with van der Waals surface area (Å²) in [6.07, 6.45) is 6.01. The first-order chi connectivity index (χ1) is 15.0. The van der Waals surface area contributed by atoms with Crippen molar-refractivity contribution in [2.45, 2.75) is 38.1 Å². The third-order valence-electron chi connectivity index (χ3n) is 6.34. The molecule has 0 spiro atoms. The van der Waals surface area contributed by atoms with Gasteiger partial charge in [0.2, 0.25) is 0 Å². The SMILES string of the molecule is O=C(Nc1ccc(N2CCC(N3CCCCC3)CC2)cc1C(=O)O)c1ccccc1F. The number of hydrogen-bond donors (Lipinski definition) is 2. The van der Waals surface area contributed by atoms with Crippen molar-refractivity contribution in [3.05, 3.63) is 59.4 Å². The first kappa shape index (κ1) is 21.3. The van der Waals surface area contributed by atoms with Crippen LogP contribution in [0.4, 0.5) is 15.8 Å². The minimum Gasteiger partial charge on any atom is -0.478 e. The summed E-state index contributed by atoms with van der Waals surface area (Å²) in [5.74, 6) is -2.45. The van der Waals surface area contributed by atoms with Gasteiger partial charge in [0.1, 0.15) is 5.82 Å². The number of amides is 1. The second-order valence-electron chi connectivity index (χ2n) is 8.28. The fourth-order valence-corrected chi connectivity index (χ4v) is 4.62. The maximum absolute atomic E-state index is 13.9. The van der Waals surface area contributed by atoms with E-state index >= 15 is 0 Å². The van der Waals surface area contributed by atoms with Gasteiger partial charge in [-0.2, -0.15) is 0 Å². The number of rotatable bonds is 5. The van der Waals surface area contributed by atoms with Crippen LogP contribution in [0, 0.1) is 5.82 Å². The number of hydrogen-bond acceptors (Lipinski definition) is 4. The number of likely N-dealkylation sites (tertiary alicyclic amines) is 1. The zero-order valence-electron chi connectivity index (χ0n) is 17.5. The van der Waals surface area contributed by atoms with Crippen molar-refractivity contribution in [1.29, 1.82) is 0 Å². The first-order valence-corrected chi connectivity index (χ1v) is 10.9. The summed E-state index contributed by atoms with van der Waals surface area (Å²) in [7, 11) is 0. The molecule has 2 aromatic carbocycles. The number of carboxylic acid groups (broad SMARTS) is 1. The average Bonchev–Trinajstić information content (AvgIpc) is 2.80. The zero-order valence-corrected chi connectivity index (χ0v) is 17.5. The summed E-state index contributed by atoms with van der Waals surface area (Å²) in [5, 5.41) is 12.2. The Kier molecular flexibility index (Phi) is 6.51. The molecular formula is C24H28FN3O3. The van der Waals surface area contributed by atoms with Crippen molar-refractivity contribution in [3.63, 3.8) is 0 Å². The molecule has 0 bridgehead atoms. The van der Waals surface area contributed by atoms with Crippen molar-refractivity contribution in [1.82, 2.24) is 4.90 Å². The number of anilines is 2. The Bertz CT molecular complexity index is 951. The topological polar surface area (TPSA) is 72.9 Å². The number of carbonyl (C=O) groups is 2. The van der Waals surface area contributed by atoms with Gasteiger partial charge in [0.25, 0.3) is 5.91 Å². The van der Waals surface area contributed by atoms with Crippen LogP contribution in [0.2, 0.25) is 0 Å². The average molecular weight is 426 g/mol. The van der Waals surface area contributed by atoms with Gasteiger partial charge >= 0.3 is 5.97 Å². The van der Waals surface area contributed by atoms with Gasteiger partial charge in [0.05, 0.1) is 16.8 Å². The number of piperidine rings is 2. The molecule has 0 radical (unpaired) electrons. The first-order valence-electron chi connectivity index (χ1n) is 10.9. The van der Waals surface area contributed by atoms with Gasteiger partial charge in [-0.05, 0) is 69.1 Å². The van der Waals surface area contributed by atoms with Gasteiger partial charge in [-0.3, -0.25) is 4.79 Å². The summed E-state index contributed by atoms with van der Waals surface area (Å²) >= 11 is 0. The molecule has 2 aliphatic rings. The van der Waals surface area contributed by atoms with E-state index in [0.717, 1.165) is 31.6 Å². The molecular weight excluding hydrogens is 397 g/mol. The Balaban J connectivity index is 1.46. The maximum Gasteiger partial charge on any atom is 0.337 e. The van der Waals surface area contributed by atoms with Crippen molar-refractivity contribution < 1.29 is 19.1 Å². The molecule has 6 nitrogen and oxygen atoms in total. The number of benzene rings is 2. The molecule has 2 aromatic rings. The summed E-state index contributed by atoms with van der Waals surface area (Å²) in [6, 6.07) is 11.2.